The van der Waals surface area contributed by atoms with Gasteiger partial charge >= 0.3 is 0 Å². The number of aryl methyl sites for hydroxylation is 1. The zero-order valence-electron chi connectivity index (χ0n) is 13.8. The summed E-state index contributed by atoms with van der Waals surface area (Å²) in [5.41, 5.74) is 2.16. The molecule has 0 unspecified atom stereocenters. The lowest BCUT2D eigenvalue weighted by Gasteiger charge is -2.28. The van der Waals surface area contributed by atoms with E-state index >= 15 is 0 Å². The van der Waals surface area contributed by atoms with Crippen molar-refractivity contribution in [1.29, 1.82) is 5.26 Å². The van der Waals surface area contributed by atoms with Gasteiger partial charge in [0.1, 0.15) is 6.54 Å². The van der Waals surface area contributed by atoms with Gasteiger partial charge in [0, 0.05) is 4.90 Å². The van der Waals surface area contributed by atoms with Crippen molar-refractivity contribution in [3.05, 3.63) is 52.4 Å². The molecule has 6 heteroatoms. The Morgan fingerprint density at radius 2 is 2.12 bits per heavy atom. The molecule has 0 bridgehead atoms. The highest BCUT2D eigenvalue weighted by Crippen LogP contribution is 2.42. The fourth-order valence-electron chi connectivity index (χ4n) is 2.65. The number of amides is 1. The number of fused-ring (bicyclic) bond motifs is 1. The van der Waals surface area contributed by atoms with E-state index in [0.717, 1.165) is 16.1 Å². The number of hydrogen-bond donors (Lipinski definition) is 1. The van der Waals surface area contributed by atoms with E-state index in [1.807, 2.05) is 30.3 Å². The molecule has 1 heterocycles. The minimum atomic E-state index is -0.213. The number of phenolic OH excluding ortho intramolecular Hbond substituents is 1. The normalized spacial score (nSPS) is 15.0. The van der Waals surface area contributed by atoms with Gasteiger partial charge in [0.15, 0.2) is 11.5 Å². The van der Waals surface area contributed by atoms with Crippen LogP contribution in [0.2, 0.25) is 0 Å². The Morgan fingerprint density at radius 1 is 1.36 bits per heavy atom. The second-order valence-electron chi connectivity index (χ2n) is 5.52. The van der Waals surface area contributed by atoms with Gasteiger partial charge in [-0.15, -0.1) is 0 Å². The van der Waals surface area contributed by atoms with Gasteiger partial charge < -0.3 is 9.84 Å². The maximum Gasteiger partial charge on any atom is 0.266 e. The number of para-hydroxylation sites is 1. The number of rotatable bonds is 3. The molecule has 0 saturated heterocycles. The zero-order chi connectivity index (χ0) is 18.0. The molecule has 0 atom stereocenters. The number of carbonyl (C=O) groups excluding carboxylic acids is 1. The van der Waals surface area contributed by atoms with Crippen LogP contribution in [0.15, 0.2) is 46.2 Å². The van der Waals surface area contributed by atoms with Crippen molar-refractivity contribution in [1.82, 2.24) is 0 Å². The van der Waals surface area contributed by atoms with Crippen LogP contribution in [0.3, 0.4) is 0 Å². The van der Waals surface area contributed by atoms with Crippen molar-refractivity contribution in [3.63, 3.8) is 0 Å². The van der Waals surface area contributed by atoms with Crippen LogP contribution in [-0.4, -0.2) is 24.7 Å². The summed E-state index contributed by atoms with van der Waals surface area (Å²) >= 11 is 1.37. The van der Waals surface area contributed by atoms with Crippen LogP contribution < -0.4 is 9.64 Å². The van der Waals surface area contributed by atoms with Crippen molar-refractivity contribution in [3.8, 4) is 17.6 Å². The molecular weight excluding hydrogens is 336 g/mol. The van der Waals surface area contributed by atoms with Crippen LogP contribution in [0, 0.1) is 18.3 Å². The summed E-state index contributed by atoms with van der Waals surface area (Å²) in [5, 5.41) is 19.0. The molecule has 0 fully saturated rings. The lowest BCUT2D eigenvalue weighted by molar-refractivity contribution is -0.114. The molecule has 1 N–H and O–H groups in total. The van der Waals surface area contributed by atoms with Crippen LogP contribution in [-0.2, 0) is 4.79 Å². The Balaban J connectivity index is 2.06. The van der Waals surface area contributed by atoms with E-state index in [0.29, 0.717) is 16.2 Å². The molecule has 126 valence electrons. The maximum atomic E-state index is 12.8. The molecule has 1 amide bonds. The second-order valence-corrected chi connectivity index (χ2v) is 6.60. The van der Waals surface area contributed by atoms with Crippen LogP contribution in [0.5, 0.6) is 11.5 Å². The second kappa shape index (κ2) is 6.91. The predicted octanol–water partition coefficient (Wildman–Crippen LogP) is 3.71. The first kappa shape index (κ1) is 16.9. The smallest absolute Gasteiger partial charge is 0.266 e. The number of aromatic hydroxyl groups is 1. The number of benzene rings is 2. The molecular formula is C19H16N2O3S. The summed E-state index contributed by atoms with van der Waals surface area (Å²) in [6, 6.07) is 13.0. The molecule has 0 spiro atoms. The van der Waals surface area contributed by atoms with E-state index in [2.05, 4.69) is 0 Å². The van der Waals surface area contributed by atoms with Gasteiger partial charge in [-0.1, -0.05) is 23.9 Å². The van der Waals surface area contributed by atoms with Crippen LogP contribution in [0.1, 0.15) is 11.1 Å². The highest BCUT2D eigenvalue weighted by atomic mass is 32.2. The van der Waals surface area contributed by atoms with E-state index in [1.165, 1.54) is 23.8 Å². The van der Waals surface area contributed by atoms with Crippen LogP contribution >= 0.6 is 11.8 Å². The summed E-state index contributed by atoms with van der Waals surface area (Å²) in [6.45, 7) is 1.76. The van der Waals surface area contributed by atoms with Crippen LogP contribution in [0.4, 0.5) is 5.69 Å². The number of ether oxygens (including phenoxy) is 1. The minimum absolute atomic E-state index is 0.00826. The average Bonchev–Trinajstić information content (AvgIpc) is 2.61. The first-order valence-electron chi connectivity index (χ1n) is 7.60. The van der Waals surface area contributed by atoms with Gasteiger partial charge in [0.05, 0.1) is 23.8 Å². The summed E-state index contributed by atoms with van der Waals surface area (Å²) in [7, 11) is 1.48. The van der Waals surface area contributed by atoms with Gasteiger partial charge in [-0.2, -0.15) is 5.26 Å². The molecule has 2 aromatic rings. The van der Waals surface area contributed by atoms with E-state index in [9.17, 15) is 9.90 Å². The number of carbonyl (C=O) groups is 1. The molecule has 1 aliphatic heterocycles. The third-order valence-corrected chi connectivity index (χ3v) is 4.94. The third-order valence-electron chi connectivity index (χ3n) is 3.87. The highest BCUT2D eigenvalue weighted by molar-refractivity contribution is 8.04. The number of phenols is 1. The third kappa shape index (κ3) is 3.19. The Bertz CT molecular complexity index is 915. The summed E-state index contributed by atoms with van der Waals surface area (Å²) < 4.78 is 5.17. The van der Waals surface area contributed by atoms with Crippen molar-refractivity contribution in [2.75, 3.05) is 18.6 Å². The predicted molar refractivity (Wildman–Crippen MR) is 97.6 cm³/mol. The van der Waals surface area contributed by atoms with Crippen molar-refractivity contribution < 1.29 is 14.6 Å². The SMILES string of the molecule is COc1cc(/C=C2\Sc3ccccc3N(CC#N)C2=O)cc(C)c1O. The van der Waals surface area contributed by atoms with Crippen molar-refractivity contribution in [2.24, 2.45) is 0 Å². The number of nitriles is 1. The van der Waals surface area contributed by atoms with Crippen LogP contribution in [0.25, 0.3) is 6.08 Å². The lowest BCUT2D eigenvalue weighted by Crippen LogP contribution is -2.34. The van der Waals surface area contributed by atoms with Gasteiger partial charge in [0.2, 0.25) is 0 Å². The van der Waals surface area contributed by atoms with Gasteiger partial charge in [-0.25, -0.2) is 0 Å². The van der Waals surface area contributed by atoms with Crippen molar-refractivity contribution >= 4 is 29.4 Å². The number of hydrogen-bond acceptors (Lipinski definition) is 5. The number of nitrogens with zero attached hydrogens (tertiary/aromatic N) is 2. The first-order valence-corrected chi connectivity index (χ1v) is 8.41. The van der Waals surface area contributed by atoms with Gasteiger partial charge in [0.25, 0.3) is 5.91 Å². The summed E-state index contributed by atoms with van der Waals surface area (Å²) in [6.07, 6.45) is 1.75. The quantitative estimate of drug-likeness (QED) is 0.673. The monoisotopic (exact) mass is 352 g/mol. The Hall–Kier alpha value is -2.91. The lowest BCUT2D eigenvalue weighted by atomic mass is 10.1. The first-order chi connectivity index (χ1) is 12.0. The molecule has 0 aliphatic carbocycles. The molecule has 0 radical (unpaired) electrons. The summed E-state index contributed by atoms with van der Waals surface area (Å²) in [4.78, 5) is 15.7. The zero-order valence-corrected chi connectivity index (χ0v) is 14.6. The Kier molecular flexibility index (Phi) is 4.68. The van der Waals surface area contributed by atoms with E-state index in [1.54, 1.807) is 25.1 Å². The molecule has 0 saturated carbocycles. The van der Waals surface area contributed by atoms with E-state index < -0.39 is 0 Å². The molecule has 2 aromatic carbocycles. The standard InChI is InChI=1S/C19H16N2O3S/c1-12-9-13(10-15(24-2)18(12)22)11-17-19(23)21(8-7-20)14-5-3-4-6-16(14)25-17/h3-6,9-11,22H,8H2,1-2H3/b17-11-. The fourth-order valence-corrected chi connectivity index (χ4v) is 3.71. The summed E-state index contributed by atoms with van der Waals surface area (Å²) in [5.74, 6) is 0.230. The van der Waals surface area contributed by atoms with Crippen molar-refractivity contribution in [2.45, 2.75) is 11.8 Å². The number of anilines is 1. The molecule has 5 nitrogen and oxygen atoms in total. The van der Waals surface area contributed by atoms with Gasteiger partial charge in [-0.3, -0.25) is 9.69 Å². The van der Waals surface area contributed by atoms with E-state index in [-0.39, 0.29) is 18.2 Å². The fraction of sp³-hybridized carbons (Fsp3) is 0.158. The van der Waals surface area contributed by atoms with Gasteiger partial charge in [-0.05, 0) is 48.4 Å². The molecule has 0 aromatic heterocycles. The number of methoxy groups -OCH3 is 1. The topological polar surface area (TPSA) is 73.6 Å². The minimum Gasteiger partial charge on any atom is -0.504 e. The molecule has 3 rings (SSSR count). The largest absolute Gasteiger partial charge is 0.504 e. The Labute approximate surface area is 150 Å². The molecule has 25 heavy (non-hydrogen) atoms. The average molecular weight is 352 g/mol. The highest BCUT2D eigenvalue weighted by Gasteiger charge is 2.28. The Morgan fingerprint density at radius 3 is 2.84 bits per heavy atom. The number of thioether (sulfide) groups is 1. The van der Waals surface area contributed by atoms with E-state index in [4.69, 9.17) is 10.00 Å². The molecule has 1 aliphatic rings. The maximum absolute atomic E-state index is 12.8.